The number of hydrogen-bond acceptors (Lipinski definition) is 5. The molecule has 0 bridgehead atoms. The molecule has 0 radical (unpaired) electrons. The topological polar surface area (TPSA) is 95.9 Å². The Bertz CT molecular complexity index is 1010. The minimum atomic E-state index is -0.790. The third-order valence-corrected chi connectivity index (χ3v) is 12.2. The fraction of sp³-hybridized carbons (Fsp3) is 0.855. The van der Waals surface area contributed by atoms with Gasteiger partial charge in [0.15, 0.2) is 0 Å². The second-order valence-electron chi connectivity index (χ2n) is 18.3. The summed E-state index contributed by atoms with van der Waals surface area (Å²) >= 11 is 0. The van der Waals surface area contributed by atoms with Crippen molar-refractivity contribution in [1.82, 2.24) is 5.32 Å². The molecule has 0 aromatic heterocycles. The van der Waals surface area contributed by atoms with Crippen molar-refractivity contribution in [2.24, 2.45) is 0 Å². The van der Waals surface area contributed by atoms with Crippen LogP contribution in [-0.2, 0) is 14.3 Å². The Hall–Kier alpha value is -1.92. The van der Waals surface area contributed by atoms with Gasteiger partial charge in [-0.3, -0.25) is 9.59 Å². The molecule has 0 aliphatic carbocycles. The van der Waals surface area contributed by atoms with Crippen LogP contribution in [0.2, 0.25) is 0 Å². The number of nitrogens with one attached hydrogen (secondary N) is 1. The van der Waals surface area contributed by atoms with E-state index in [0.29, 0.717) is 19.3 Å². The molecule has 0 saturated carbocycles. The maximum absolute atomic E-state index is 13.2. The molecule has 0 heterocycles. The van der Waals surface area contributed by atoms with E-state index in [-0.39, 0.29) is 24.9 Å². The molecule has 3 atom stereocenters. The number of unbranched alkanes of at least 4 members (excludes halogenated alkanes) is 30. The van der Waals surface area contributed by atoms with E-state index in [1.165, 1.54) is 154 Å². The predicted molar refractivity (Wildman–Crippen MR) is 264 cm³/mol. The first-order valence-electron chi connectivity index (χ1n) is 26.7. The van der Waals surface area contributed by atoms with Crippen LogP contribution >= 0.6 is 0 Å². The molecule has 6 nitrogen and oxygen atoms in total. The number of carbonyl (C=O) groups excluding carboxylic acids is 2. The molecule has 6 heteroatoms. The third kappa shape index (κ3) is 44.5. The molecule has 0 rings (SSSR count). The van der Waals surface area contributed by atoms with Crippen molar-refractivity contribution in [3.63, 3.8) is 0 Å². The highest BCUT2D eigenvalue weighted by Gasteiger charge is 2.24. The Morgan fingerprint density at radius 3 is 1.31 bits per heavy atom. The fourth-order valence-electron chi connectivity index (χ4n) is 8.10. The van der Waals surface area contributed by atoms with E-state index in [0.717, 1.165) is 77.0 Å². The molecule has 0 aliphatic rings. The quantitative estimate of drug-likeness (QED) is 0.0322. The van der Waals surface area contributed by atoms with Crippen molar-refractivity contribution in [2.75, 3.05) is 6.61 Å². The summed E-state index contributed by atoms with van der Waals surface area (Å²) in [5.41, 5.74) is 0. The summed E-state index contributed by atoms with van der Waals surface area (Å²) in [7, 11) is 0. The van der Waals surface area contributed by atoms with E-state index in [1.54, 1.807) is 0 Å². The summed E-state index contributed by atoms with van der Waals surface area (Å²) in [6.07, 6.45) is 57.8. The Balaban J connectivity index is 4.57. The van der Waals surface area contributed by atoms with Crippen LogP contribution in [0.15, 0.2) is 36.5 Å². The summed E-state index contributed by atoms with van der Waals surface area (Å²) < 4.78 is 5.93. The molecule has 0 aliphatic heterocycles. The molecular weight excluding hydrogens is 755 g/mol. The first-order chi connectivity index (χ1) is 30.0. The number of carbonyl (C=O) groups is 2. The van der Waals surface area contributed by atoms with Gasteiger partial charge in [0.25, 0.3) is 0 Å². The lowest BCUT2D eigenvalue weighted by Crippen LogP contribution is -2.46. The number of amides is 1. The minimum Gasteiger partial charge on any atom is -0.462 e. The maximum Gasteiger partial charge on any atom is 0.306 e. The number of ether oxygens (including phenoxy) is 1. The van der Waals surface area contributed by atoms with Crippen LogP contribution in [0.4, 0.5) is 0 Å². The van der Waals surface area contributed by atoms with E-state index < -0.39 is 18.2 Å². The van der Waals surface area contributed by atoms with Crippen molar-refractivity contribution in [3.8, 4) is 0 Å². The lowest BCUT2D eigenvalue weighted by molar-refractivity contribution is -0.151. The van der Waals surface area contributed by atoms with Crippen molar-refractivity contribution in [3.05, 3.63) is 36.5 Å². The normalized spacial score (nSPS) is 13.5. The summed E-state index contributed by atoms with van der Waals surface area (Å²) in [5.74, 6) is -0.489. The Labute approximate surface area is 379 Å². The molecule has 61 heavy (non-hydrogen) atoms. The molecule has 1 amide bonds. The van der Waals surface area contributed by atoms with Gasteiger partial charge in [0.05, 0.1) is 25.2 Å². The highest BCUT2D eigenvalue weighted by molar-refractivity contribution is 5.77. The van der Waals surface area contributed by atoms with Crippen LogP contribution < -0.4 is 5.32 Å². The van der Waals surface area contributed by atoms with Gasteiger partial charge in [-0.2, -0.15) is 0 Å². The molecule has 0 fully saturated rings. The second kappa shape index (κ2) is 49.1. The van der Waals surface area contributed by atoms with Gasteiger partial charge in [-0.1, -0.05) is 218 Å². The van der Waals surface area contributed by atoms with E-state index in [2.05, 4.69) is 62.5 Å². The Morgan fingerprint density at radius 2 is 0.836 bits per heavy atom. The zero-order valence-corrected chi connectivity index (χ0v) is 40.8. The van der Waals surface area contributed by atoms with Gasteiger partial charge in [0.2, 0.25) is 5.91 Å². The molecule has 3 N–H and O–H groups in total. The predicted octanol–water partition coefficient (Wildman–Crippen LogP) is 16.1. The lowest BCUT2D eigenvalue weighted by atomic mass is 10.0. The molecule has 0 spiro atoms. The maximum atomic E-state index is 13.2. The summed E-state index contributed by atoms with van der Waals surface area (Å²) in [5, 5.41) is 23.7. The van der Waals surface area contributed by atoms with E-state index in [4.69, 9.17) is 4.74 Å². The van der Waals surface area contributed by atoms with Crippen LogP contribution in [0.1, 0.15) is 278 Å². The largest absolute Gasteiger partial charge is 0.462 e. The second-order valence-corrected chi connectivity index (χ2v) is 18.3. The minimum absolute atomic E-state index is 0.0660. The van der Waals surface area contributed by atoms with E-state index in [9.17, 15) is 19.8 Å². The van der Waals surface area contributed by atoms with Gasteiger partial charge >= 0.3 is 5.97 Å². The highest BCUT2D eigenvalue weighted by Crippen LogP contribution is 2.18. The highest BCUT2D eigenvalue weighted by atomic mass is 16.5. The Kier molecular flexibility index (Phi) is 47.6. The smallest absolute Gasteiger partial charge is 0.306 e. The van der Waals surface area contributed by atoms with Crippen LogP contribution in [0.25, 0.3) is 0 Å². The average molecular weight is 858 g/mol. The standard InChI is InChI=1S/C55H103NO5/c1-4-7-10-13-16-19-21-23-25-27-29-31-33-36-39-42-45-48-55(60)61-51(46-43-40-37-35-32-30-28-26-24-22-20-17-14-11-8-5-2)49-54(59)56-52(50-57)53(58)47-44-41-38-34-18-15-12-9-6-3/h16,19,23,25,30,32,51-53,57-58H,4-15,17-18,20-22,24,26-29,31,33-50H2,1-3H3,(H,56,59)/b19-16-,25-23-,32-30+. The molecule has 0 aromatic carbocycles. The summed E-state index contributed by atoms with van der Waals surface area (Å²) in [4.78, 5) is 26.1. The summed E-state index contributed by atoms with van der Waals surface area (Å²) in [6.45, 7) is 6.45. The lowest BCUT2D eigenvalue weighted by Gasteiger charge is -2.24. The van der Waals surface area contributed by atoms with Crippen LogP contribution in [0.5, 0.6) is 0 Å². The van der Waals surface area contributed by atoms with Gasteiger partial charge in [0.1, 0.15) is 6.10 Å². The summed E-state index contributed by atoms with van der Waals surface area (Å²) in [6, 6.07) is -0.705. The first kappa shape index (κ1) is 59.1. The molecule has 3 unspecified atom stereocenters. The SMILES string of the molecule is CCCCC/C=C\C/C=C\CCCCCCCCCC(=O)OC(CCCCC/C=C/CCCCCCCCCCC)CC(=O)NC(CO)C(O)CCCCCCCCCCC. The molecule has 0 saturated heterocycles. The number of allylic oxidation sites excluding steroid dienone is 6. The van der Waals surface area contributed by atoms with Gasteiger partial charge in [-0.25, -0.2) is 0 Å². The molecular formula is C55H103NO5. The first-order valence-corrected chi connectivity index (χ1v) is 26.7. The van der Waals surface area contributed by atoms with E-state index >= 15 is 0 Å². The van der Waals surface area contributed by atoms with Crippen molar-refractivity contribution in [1.29, 1.82) is 0 Å². The average Bonchev–Trinajstić information content (AvgIpc) is 3.25. The number of aliphatic hydroxyl groups excluding tert-OH is 2. The molecule has 358 valence electrons. The van der Waals surface area contributed by atoms with Crippen LogP contribution in [0, 0.1) is 0 Å². The number of esters is 1. The van der Waals surface area contributed by atoms with Crippen molar-refractivity contribution >= 4 is 11.9 Å². The monoisotopic (exact) mass is 858 g/mol. The van der Waals surface area contributed by atoms with E-state index in [1.807, 2.05) is 0 Å². The van der Waals surface area contributed by atoms with Crippen LogP contribution in [-0.4, -0.2) is 46.9 Å². The molecule has 0 aromatic rings. The number of aliphatic hydroxyl groups is 2. The zero-order valence-electron chi connectivity index (χ0n) is 40.8. The van der Waals surface area contributed by atoms with Gasteiger partial charge in [-0.15, -0.1) is 0 Å². The zero-order chi connectivity index (χ0) is 44.5. The fourth-order valence-corrected chi connectivity index (χ4v) is 8.10. The number of rotatable bonds is 48. The van der Waals surface area contributed by atoms with Gasteiger partial charge in [-0.05, 0) is 83.5 Å². The van der Waals surface area contributed by atoms with Gasteiger partial charge in [0, 0.05) is 6.42 Å². The van der Waals surface area contributed by atoms with Gasteiger partial charge < -0.3 is 20.3 Å². The van der Waals surface area contributed by atoms with Crippen molar-refractivity contribution in [2.45, 2.75) is 296 Å². The number of hydrogen-bond donors (Lipinski definition) is 3. The van der Waals surface area contributed by atoms with Crippen molar-refractivity contribution < 1.29 is 24.5 Å². The Morgan fingerprint density at radius 1 is 0.475 bits per heavy atom. The third-order valence-electron chi connectivity index (χ3n) is 12.2. The van der Waals surface area contributed by atoms with Crippen LogP contribution in [0.3, 0.4) is 0 Å².